The van der Waals surface area contributed by atoms with Gasteiger partial charge in [0.2, 0.25) is 0 Å². The quantitative estimate of drug-likeness (QED) is 0.740. The molecule has 104 valence electrons. The summed E-state index contributed by atoms with van der Waals surface area (Å²) in [4.78, 5) is 18.0. The molecule has 0 unspecified atom stereocenters. The molecule has 1 aliphatic carbocycles. The first kappa shape index (κ1) is 12.9. The molecule has 1 aromatic heterocycles. The van der Waals surface area contributed by atoms with E-state index in [2.05, 4.69) is 10.3 Å². The van der Waals surface area contributed by atoms with Gasteiger partial charge in [0.25, 0.3) is 5.91 Å². The Bertz CT molecular complexity index is 621. The van der Waals surface area contributed by atoms with Gasteiger partial charge < -0.3 is 11.5 Å². The number of rotatable bonds is 2. The van der Waals surface area contributed by atoms with Gasteiger partial charge in [-0.1, -0.05) is 0 Å². The van der Waals surface area contributed by atoms with E-state index in [9.17, 15) is 4.79 Å². The van der Waals surface area contributed by atoms with Crippen molar-refractivity contribution < 1.29 is 4.79 Å². The van der Waals surface area contributed by atoms with Crippen molar-refractivity contribution >= 4 is 33.8 Å². The van der Waals surface area contributed by atoms with Gasteiger partial charge in [-0.2, -0.15) is 0 Å². The second-order valence-electron chi connectivity index (χ2n) is 4.94. The summed E-state index contributed by atoms with van der Waals surface area (Å²) in [5.74, 6) is -0.227. The number of carbonyl (C=O) groups excluding carboxylic acids is 1. The first-order chi connectivity index (χ1) is 9.61. The smallest absolute Gasteiger partial charge is 0.257 e. The molecule has 0 bridgehead atoms. The highest BCUT2D eigenvalue weighted by Gasteiger charge is 2.17. The number of anilines is 3. The Labute approximate surface area is 121 Å². The third kappa shape index (κ3) is 2.60. The number of nitrogens with one attached hydrogen (secondary N) is 1. The number of nitrogens with two attached hydrogens (primary N) is 2. The lowest BCUT2D eigenvalue weighted by Crippen LogP contribution is -2.12. The molecule has 0 aliphatic heterocycles. The summed E-state index contributed by atoms with van der Waals surface area (Å²) in [5, 5.41) is 3.48. The Hall–Kier alpha value is -2.08. The summed E-state index contributed by atoms with van der Waals surface area (Å²) >= 11 is 1.56. The predicted octanol–water partition coefficient (Wildman–Crippen LogP) is 2.44. The first-order valence-electron chi connectivity index (χ1n) is 6.58. The Morgan fingerprint density at radius 2 is 1.85 bits per heavy atom. The lowest BCUT2D eigenvalue weighted by atomic mass is 10.0. The molecule has 2 aromatic rings. The fraction of sp³-hybridized carbons (Fsp3) is 0.286. The van der Waals surface area contributed by atoms with E-state index in [1.165, 1.54) is 17.7 Å². The molecule has 1 aromatic carbocycles. The molecule has 1 amide bonds. The molecule has 5 N–H and O–H groups in total. The monoisotopic (exact) mass is 288 g/mol. The van der Waals surface area contributed by atoms with E-state index in [1.54, 1.807) is 29.5 Å². The normalized spacial score (nSPS) is 13.8. The minimum atomic E-state index is -0.227. The summed E-state index contributed by atoms with van der Waals surface area (Å²) < 4.78 is 0. The molecule has 0 fully saturated rings. The maximum Gasteiger partial charge on any atom is 0.257 e. The average Bonchev–Trinajstić information content (AvgIpc) is 2.79. The number of carbonyl (C=O) groups is 1. The van der Waals surface area contributed by atoms with Crippen LogP contribution in [0, 0.1) is 0 Å². The van der Waals surface area contributed by atoms with Gasteiger partial charge in [0.15, 0.2) is 5.13 Å². The molecular weight excluding hydrogens is 272 g/mol. The lowest BCUT2D eigenvalue weighted by Gasteiger charge is -2.06. The standard InChI is InChI=1S/C14H16N4OS/c15-9-5-8(6-10(16)7-9)13(19)18-14-17-11-3-1-2-4-12(11)20-14/h5-7H,1-4,15-16H2,(H,17,18,19). The Balaban J connectivity index is 1.80. The van der Waals surface area contributed by atoms with Crippen molar-refractivity contribution in [3.8, 4) is 0 Å². The van der Waals surface area contributed by atoms with E-state index < -0.39 is 0 Å². The molecule has 5 nitrogen and oxygen atoms in total. The first-order valence-corrected chi connectivity index (χ1v) is 7.39. The largest absolute Gasteiger partial charge is 0.399 e. The van der Waals surface area contributed by atoms with Gasteiger partial charge in [-0.15, -0.1) is 11.3 Å². The number of nitrogen functional groups attached to an aromatic ring is 2. The van der Waals surface area contributed by atoms with Crippen molar-refractivity contribution in [3.05, 3.63) is 34.3 Å². The van der Waals surface area contributed by atoms with Gasteiger partial charge in [0, 0.05) is 21.8 Å². The fourth-order valence-electron chi connectivity index (χ4n) is 2.38. The van der Waals surface area contributed by atoms with Crippen LogP contribution in [0.2, 0.25) is 0 Å². The number of aromatic nitrogens is 1. The van der Waals surface area contributed by atoms with Gasteiger partial charge in [0.1, 0.15) is 0 Å². The van der Waals surface area contributed by atoms with Crippen LogP contribution < -0.4 is 16.8 Å². The Morgan fingerprint density at radius 1 is 1.15 bits per heavy atom. The van der Waals surface area contributed by atoms with Crippen molar-refractivity contribution in [1.29, 1.82) is 0 Å². The fourth-order valence-corrected chi connectivity index (χ4v) is 3.43. The van der Waals surface area contributed by atoms with Crippen molar-refractivity contribution in [3.63, 3.8) is 0 Å². The second kappa shape index (κ2) is 5.13. The molecular formula is C14H16N4OS. The summed E-state index contributed by atoms with van der Waals surface area (Å²) in [5.41, 5.74) is 13.9. The zero-order valence-corrected chi connectivity index (χ0v) is 11.8. The molecule has 0 atom stereocenters. The van der Waals surface area contributed by atoms with Crippen molar-refractivity contribution in [1.82, 2.24) is 4.98 Å². The van der Waals surface area contributed by atoms with Gasteiger partial charge in [-0.25, -0.2) is 4.98 Å². The van der Waals surface area contributed by atoms with Crippen LogP contribution in [0.25, 0.3) is 0 Å². The predicted molar refractivity (Wildman–Crippen MR) is 82.0 cm³/mol. The molecule has 3 rings (SSSR count). The third-order valence-corrected chi connectivity index (χ3v) is 4.38. The molecule has 0 saturated carbocycles. The highest BCUT2D eigenvalue weighted by Crippen LogP contribution is 2.29. The second-order valence-corrected chi connectivity index (χ2v) is 6.02. The summed E-state index contributed by atoms with van der Waals surface area (Å²) in [6.45, 7) is 0. The topological polar surface area (TPSA) is 94.0 Å². The van der Waals surface area contributed by atoms with Crippen molar-refractivity contribution in [2.75, 3.05) is 16.8 Å². The maximum atomic E-state index is 12.2. The van der Waals surface area contributed by atoms with Crippen LogP contribution in [0.5, 0.6) is 0 Å². The van der Waals surface area contributed by atoms with E-state index in [-0.39, 0.29) is 5.91 Å². The highest BCUT2D eigenvalue weighted by atomic mass is 32.1. The number of aryl methyl sites for hydroxylation is 2. The van der Waals surface area contributed by atoms with E-state index >= 15 is 0 Å². The van der Waals surface area contributed by atoms with E-state index in [1.807, 2.05) is 0 Å². The molecule has 1 aliphatic rings. The number of benzene rings is 1. The Kier molecular flexibility index (Phi) is 3.31. The number of fused-ring (bicyclic) bond motifs is 1. The zero-order chi connectivity index (χ0) is 14.1. The number of hydrogen-bond donors (Lipinski definition) is 3. The van der Waals surface area contributed by atoms with Gasteiger partial charge >= 0.3 is 0 Å². The van der Waals surface area contributed by atoms with Crippen molar-refractivity contribution in [2.24, 2.45) is 0 Å². The van der Waals surface area contributed by atoms with Gasteiger partial charge in [0.05, 0.1) is 5.69 Å². The molecule has 6 heteroatoms. The molecule has 20 heavy (non-hydrogen) atoms. The number of thiazole rings is 1. The van der Waals surface area contributed by atoms with Crippen LogP contribution in [0.15, 0.2) is 18.2 Å². The van der Waals surface area contributed by atoms with E-state index in [0.717, 1.165) is 18.5 Å². The molecule has 1 heterocycles. The molecule has 0 spiro atoms. The SMILES string of the molecule is Nc1cc(N)cc(C(=O)Nc2nc3c(s2)CCCC3)c1. The highest BCUT2D eigenvalue weighted by molar-refractivity contribution is 7.15. The summed E-state index contributed by atoms with van der Waals surface area (Å²) in [6, 6.07) is 4.84. The Morgan fingerprint density at radius 3 is 2.55 bits per heavy atom. The van der Waals surface area contributed by atoms with Gasteiger partial charge in [-0.05, 0) is 43.9 Å². The summed E-state index contributed by atoms with van der Waals surface area (Å²) in [6.07, 6.45) is 4.45. The molecule has 0 saturated heterocycles. The van der Waals surface area contributed by atoms with Crippen LogP contribution >= 0.6 is 11.3 Å². The van der Waals surface area contributed by atoms with Crippen LogP contribution in [0.4, 0.5) is 16.5 Å². The average molecular weight is 288 g/mol. The van der Waals surface area contributed by atoms with E-state index in [4.69, 9.17) is 11.5 Å². The minimum Gasteiger partial charge on any atom is -0.399 e. The lowest BCUT2D eigenvalue weighted by molar-refractivity contribution is 0.102. The van der Waals surface area contributed by atoms with Gasteiger partial charge in [-0.3, -0.25) is 10.1 Å². The third-order valence-electron chi connectivity index (χ3n) is 3.31. The van der Waals surface area contributed by atoms with E-state index in [0.29, 0.717) is 22.1 Å². The van der Waals surface area contributed by atoms with Crippen molar-refractivity contribution in [2.45, 2.75) is 25.7 Å². The van der Waals surface area contributed by atoms with Crippen LogP contribution in [-0.2, 0) is 12.8 Å². The minimum absolute atomic E-state index is 0.227. The number of hydrogen-bond acceptors (Lipinski definition) is 5. The van der Waals surface area contributed by atoms with Crippen LogP contribution in [-0.4, -0.2) is 10.9 Å². The van der Waals surface area contributed by atoms with Crippen LogP contribution in [0.3, 0.4) is 0 Å². The molecule has 0 radical (unpaired) electrons. The van der Waals surface area contributed by atoms with Crippen LogP contribution in [0.1, 0.15) is 33.8 Å². The number of nitrogens with zero attached hydrogens (tertiary/aromatic N) is 1. The number of amides is 1. The maximum absolute atomic E-state index is 12.2. The zero-order valence-electron chi connectivity index (χ0n) is 11.0. The summed E-state index contributed by atoms with van der Waals surface area (Å²) in [7, 11) is 0.